The van der Waals surface area contributed by atoms with Crippen molar-refractivity contribution in [1.29, 1.82) is 0 Å². The number of methoxy groups -OCH3 is 1. The highest BCUT2D eigenvalue weighted by Crippen LogP contribution is 2.35. The predicted octanol–water partition coefficient (Wildman–Crippen LogP) is 5.27. The van der Waals surface area contributed by atoms with Crippen molar-refractivity contribution in [3.05, 3.63) is 63.7 Å². The third-order valence-electron chi connectivity index (χ3n) is 6.13. The molecule has 1 aliphatic carbocycles. The van der Waals surface area contributed by atoms with Crippen molar-refractivity contribution in [2.24, 2.45) is 5.41 Å². The van der Waals surface area contributed by atoms with E-state index in [1.54, 1.807) is 12.1 Å². The van der Waals surface area contributed by atoms with Gasteiger partial charge in [-0.2, -0.15) is 0 Å². The van der Waals surface area contributed by atoms with Crippen LogP contribution in [0.2, 0.25) is 5.02 Å². The Morgan fingerprint density at radius 2 is 1.75 bits per heavy atom. The fourth-order valence-corrected chi connectivity index (χ4v) is 4.24. The molecule has 0 unspecified atom stereocenters. The minimum absolute atomic E-state index is 0.0697. The molecular weight excluding hydrogens is 428 g/mol. The molecule has 0 aromatic heterocycles. The zero-order valence-corrected chi connectivity index (χ0v) is 19.5. The lowest BCUT2D eigenvalue weighted by molar-refractivity contribution is -0.132. The maximum absolute atomic E-state index is 12.9. The lowest BCUT2D eigenvalue weighted by Gasteiger charge is -2.32. The number of carbonyl (C=O) groups is 3. The van der Waals surface area contributed by atoms with Crippen LogP contribution in [0.3, 0.4) is 0 Å². The van der Waals surface area contributed by atoms with Crippen molar-refractivity contribution < 1.29 is 19.1 Å². The lowest BCUT2D eigenvalue weighted by atomic mass is 9.75. The summed E-state index contributed by atoms with van der Waals surface area (Å²) < 4.78 is 4.72. The fourth-order valence-electron chi connectivity index (χ4n) is 4.05. The Hall–Kier alpha value is -2.86. The molecule has 0 aliphatic heterocycles. The van der Waals surface area contributed by atoms with E-state index in [1.165, 1.54) is 25.7 Å². The standard InChI is InChI=1S/C25H29ClN2O4/c1-16-7-8-17(15-27-24(31)25(2)11-5-4-6-12-25)13-19(16)22(29)28-18-9-10-21(26)20(14-18)23(30)32-3/h7-10,13-14H,4-6,11-12,15H2,1-3H3,(H,27,31)(H,28,29). The number of rotatable bonds is 6. The van der Waals surface area contributed by atoms with E-state index in [1.807, 2.05) is 26.0 Å². The summed E-state index contributed by atoms with van der Waals surface area (Å²) in [4.78, 5) is 37.5. The number of amides is 2. The molecule has 1 saturated carbocycles. The van der Waals surface area contributed by atoms with E-state index in [9.17, 15) is 14.4 Å². The molecule has 0 atom stereocenters. The molecule has 6 nitrogen and oxygen atoms in total. The van der Waals surface area contributed by atoms with Gasteiger partial charge in [-0.05, 0) is 55.2 Å². The molecule has 2 N–H and O–H groups in total. The molecule has 1 fully saturated rings. The Kier molecular flexibility index (Phi) is 7.56. The quantitative estimate of drug-likeness (QED) is 0.579. The highest BCUT2D eigenvalue weighted by Gasteiger charge is 2.34. The second kappa shape index (κ2) is 10.2. The summed E-state index contributed by atoms with van der Waals surface area (Å²) in [6, 6.07) is 10.2. The molecule has 2 aromatic rings. The number of benzene rings is 2. The van der Waals surface area contributed by atoms with E-state index in [0.29, 0.717) is 17.8 Å². The van der Waals surface area contributed by atoms with Crippen LogP contribution in [0.4, 0.5) is 5.69 Å². The maximum atomic E-state index is 12.9. The van der Waals surface area contributed by atoms with Crippen molar-refractivity contribution in [3.63, 3.8) is 0 Å². The molecule has 32 heavy (non-hydrogen) atoms. The first-order valence-corrected chi connectivity index (χ1v) is 11.2. The first-order valence-electron chi connectivity index (χ1n) is 10.8. The number of anilines is 1. The number of carbonyl (C=O) groups excluding carboxylic acids is 3. The smallest absolute Gasteiger partial charge is 0.339 e. The highest BCUT2D eigenvalue weighted by molar-refractivity contribution is 6.33. The third kappa shape index (κ3) is 5.49. The lowest BCUT2D eigenvalue weighted by Crippen LogP contribution is -2.39. The van der Waals surface area contributed by atoms with E-state index in [2.05, 4.69) is 10.6 Å². The molecule has 0 saturated heterocycles. The summed E-state index contributed by atoms with van der Waals surface area (Å²) in [6.45, 7) is 4.24. The normalized spacial score (nSPS) is 15.0. The number of halogens is 1. The number of hydrogen-bond acceptors (Lipinski definition) is 4. The van der Waals surface area contributed by atoms with Crippen LogP contribution in [0.1, 0.15) is 70.9 Å². The highest BCUT2D eigenvalue weighted by atomic mass is 35.5. The van der Waals surface area contributed by atoms with Gasteiger partial charge in [0.05, 0.1) is 17.7 Å². The molecule has 0 bridgehead atoms. The van der Waals surface area contributed by atoms with Crippen molar-refractivity contribution in [1.82, 2.24) is 5.32 Å². The summed E-state index contributed by atoms with van der Waals surface area (Å²) in [5, 5.41) is 6.09. The van der Waals surface area contributed by atoms with Gasteiger partial charge >= 0.3 is 5.97 Å². The van der Waals surface area contributed by atoms with E-state index >= 15 is 0 Å². The first-order chi connectivity index (χ1) is 15.2. The number of hydrogen-bond donors (Lipinski definition) is 2. The van der Waals surface area contributed by atoms with Crippen molar-refractivity contribution in [2.75, 3.05) is 12.4 Å². The van der Waals surface area contributed by atoms with Crippen LogP contribution in [0.25, 0.3) is 0 Å². The number of esters is 1. The second-order valence-electron chi connectivity index (χ2n) is 8.59. The van der Waals surface area contributed by atoms with Gasteiger partial charge in [0.2, 0.25) is 5.91 Å². The van der Waals surface area contributed by atoms with E-state index in [-0.39, 0.29) is 27.8 Å². The molecule has 2 aromatic carbocycles. The van der Waals surface area contributed by atoms with Gasteiger partial charge in [-0.25, -0.2) is 4.79 Å². The zero-order chi connectivity index (χ0) is 23.3. The number of ether oxygens (including phenoxy) is 1. The average molecular weight is 457 g/mol. The molecule has 2 amide bonds. The minimum atomic E-state index is -0.577. The minimum Gasteiger partial charge on any atom is -0.465 e. The average Bonchev–Trinajstić information content (AvgIpc) is 2.79. The first kappa shape index (κ1) is 23.8. The molecule has 0 radical (unpaired) electrons. The molecule has 3 rings (SSSR count). The van der Waals surface area contributed by atoms with Gasteiger partial charge in [-0.1, -0.05) is 49.9 Å². The molecule has 1 aliphatic rings. The fraction of sp³-hybridized carbons (Fsp3) is 0.400. The largest absolute Gasteiger partial charge is 0.465 e. The van der Waals surface area contributed by atoms with E-state index in [0.717, 1.165) is 36.8 Å². The topological polar surface area (TPSA) is 84.5 Å². The van der Waals surface area contributed by atoms with Gasteiger partial charge in [0.25, 0.3) is 5.91 Å². The van der Waals surface area contributed by atoms with Crippen LogP contribution < -0.4 is 10.6 Å². The van der Waals surface area contributed by atoms with Gasteiger partial charge in [-0.15, -0.1) is 0 Å². The Bertz CT molecular complexity index is 1030. The van der Waals surface area contributed by atoms with Gasteiger partial charge in [-0.3, -0.25) is 9.59 Å². The second-order valence-corrected chi connectivity index (χ2v) is 9.00. The molecule has 0 heterocycles. The number of nitrogens with one attached hydrogen (secondary N) is 2. The van der Waals surface area contributed by atoms with Gasteiger partial charge < -0.3 is 15.4 Å². The Labute approximate surface area is 193 Å². The van der Waals surface area contributed by atoms with Gasteiger partial charge in [0, 0.05) is 23.2 Å². The van der Waals surface area contributed by atoms with Crippen LogP contribution in [-0.2, 0) is 16.1 Å². The SMILES string of the molecule is COC(=O)c1cc(NC(=O)c2cc(CNC(=O)C3(C)CCCCC3)ccc2C)ccc1Cl. The Balaban J connectivity index is 1.71. The van der Waals surface area contributed by atoms with Crippen LogP contribution in [0.15, 0.2) is 36.4 Å². The van der Waals surface area contributed by atoms with E-state index < -0.39 is 5.97 Å². The third-order valence-corrected chi connectivity index (χ3v) is 6.46. The van der Waals surface area contributed by atoms with Crippen LogP contribution >= 0.6 is 11.6 Å². The van der Waals surface area contributed by atoms with Crippen molar-refractivity contribution in [3.8, 4) is 0 Å². The predicted molar refractivity (Wildman–Crippen MR) is 125 cm³/mol. The summed E-state index contributed by atoms with van der Waals surface area (Å²) in [5.74, 6) is -0.819. The summed E-state index contributed by atoms with van der Waals surface area (Å²) in [7, 11) is 1.27. The Morgan fingerprint density at radius 3 is 2.44 bits per heavy atom. The molecule has 170 valence electrons. The summed E-state index contributed by atoms with van der Waals surface area (Å²) in [5.41, 5.74) is 2.45. The zero-order valence-electron chi connectivity index (χ0n) is 18.7. The molecule has 0 spiro atoms. The van der Waals surface area contributed by atoms with Crippen molar-refractivity contribution in [2.45, 2.75) is 52.5 Å². The summed E-state index contributed by atoms with van der Waals surface area (Å²) >= 11 is 6.05. The summed E-state index contributed by atoms with van der Waals surface area (Å²) in [6.07, 6.45) is 5.18. The monoisotopic (exact) mass is 456 g/mol. The van der Waals surface area contributed by atoms with Crippen molar-refractivity contribution >= 4 is 35.1 Å². The number of aryl methyl sites for hydroxylation is 1. The van der Waals surface area contributed by atoms with Crippen LogP contribution in [-0.4, -0.2) is 24.9 Å². The molecule has 7 heteroatoms. The van der Waals surface area contributed by atoms with Gasteiger partial charge in [0.15, 0.2) is 0 Å². The molecular formula is C25H29ClN2O4. The van der Waals surface area contributed by atoms with Crippen LogP contribution in [0, 0.1) is 12.3 Å². The maximum Gasteiger partial charge on any atom is 0.339 e. The van der Waals surface area contributed by atoms with Gasteiger partial charge in [0.1, 0.15) is 0 Å². The Morgan fingerprint density at radius 1 is 1.03 bits per heavy atom. The van der Waals surface area contributed by atoms with E-state index in [4.69, 9.17) is 16.3 Å². The van der Waals surface area contributed by atoms with Crippen LogP contribution in [0.5, 0.6) is 0 Å².